The van der Waals surface area contributed by atoms with Crippen LogP contribution in [0.25, 0.3) is 11.0 Å². The number of para-hydroxylation sites is 2. The van der Waals surface area contributed by atoms with E-state index < -0.39 is 0 Å². The molecule has 7 heteroatoms. The minimum Gasteiger partial charge on any atom is -0.341 e. The molecular formula is C24H29N5O2. The summed E-state index contributed by atoms with van der Waals surface area (Å²) in [4.78, 5) is 38.2. The quantitative estimate of drug-likeness (QED) is 0.613. The topological polar surface area (TPSA) is 71.3 Å². The van der Waals surface area contributed by atoms with Crippen LogP contribution in [0, 0.1) is 0 Å². The van der Waals surface area contributed by atoms with Crippen molar-refractivity contribution in [3.8, 4) is 0 Å². The Balaban J connectivity index is 1.57. The lowest BCUT2D eigenvalue weighted by atomic mass is 9.94. The standard InChI is InChI=1S/C24H29N5O2/c1-27(24(31)18-9-8-14-25-15-18)16-22-26-20-12-6-7-13-21(20)29(22)17-23(30)28(2)19-10-4-3-5-11-19/h6-9,12-15,19H,3-5,10-11,16-17H2,1-2H3. The Hall–Kier alpha value is -3.22. The smallest absolute Gasteiger partial charge is 0.255 e. The first-order chi connectivity index (χ1) is 15.0. The summed E-state index contributed by atoms with van der Waals surface area (Å²) in [5.41, 5.74) is 2.26. The Morgan fingerprint density at radius 3 is 2.58 bits per heavy atom. The number of rotatable bonds is 6. The number of aromatic nitrogens is 3. The maximum atomic E-state index is 13.1. The molecule has 0 spiro atoms. The minimum atomic E-state index is -0.127. The molecule has 2 aromatic heterocycles. The van der Waals surface area contributed by atoms with Crippen molar-refractivity contribution in [3.05, 3.63) is 60.2 Å². The van der Waals surface area contributed by atoms with Gasteiger partial charge in [0.05, 0.1) is 23.1 Å². The fourth-order valence-electron chi connectivity index (χ4n) is 4.33. The van der Waals surface area contributed by atoms with Gasteiger partial charge in [-0.1, -0.05) is 31.4 Å². The van der Waals surface area contributed by atoms with Crippen molar-refractivity contribution in [1.82, 2.24) is 24.3 Å². The number of hydrogen-bond donors (Lipinski definition) is 0. The molecule has 1 aromatic carbocycles. The van der Waals surface area contributed by atoms with Crippen molar-refractivity contribution in [3.63, 3.8) is 0 Å². The van der Waals surface area contributed by atoms with Gasteiger partial charge < -0.3 is 14.4 Å². The van der Waals surface area contributed by atoms with Gasteiger partial charge in [-0.2, -0.15) is 0 Å². The lowest BCUT2D eigenvalue weighted by Gasteiger charge is -2.31. The average Bonchev–Trinajstić information content (AvgIpc) is 3.15. The number of amides is 2. The summed E-state index contributed by atoms with van der Waals surface area (Å²) < 4.78 is 1.95. The molecule has 4 rings (SSSR count). The van der Waals surface area contributed by atoms with Crippen LogP contribution in [0.1, 0.15) is 48.3 Å². The van der Waals surface area contributed by atoms with Gasteiger partial charge in [-0.05, 0) is 37.1 Å². The largest absolute Gasteiger partial charge is 0.341 e. The van der Waals surface area contributed by atoms with E-state index in [9.17, 15) is 9.59 Å². The number of nitrogens with zero attached hydrogens (tertiary/aromatic N) is 5. The summed E-state index contributed by atoms with van der Waals surface area (Å²) in [7, 11) is 3.66. The number of carbonyl (C=O) groups is 2. The third-order valence-electron chi connectivity index (χ3n) is 6.18. The maximum Gasteiger partial charge on any atom is 0.255 e. The molecule has 0 radical (unpaired) electrons. The van der Waals surface area contributed by atoms with Crippen molar-refractivity contribution >= 4 is 22.8 Å². The fraction of sp³-hybridized carbons (Fsp3) is 0.417. The normalized spacial score (nSPS) is 14.5. The van der Waals surface area contributed by atoms with Crippen molar-refractivity contribution in [2.75, 3.05) is 14.1 Å². The maximum absolute atomic E-state index is 13.1. The van der Waals surface area contributed by atoms with Gasteiger partial charge in [0.15, 0.2) is 0 Å². The van der Waals surface area contributed by atoms with Crippen LogP contribution in [0.2, 0.25) is 0 Å². The van der Waals surface area contributed by atoms with E-state index in [4.69, 9.17) is 4.98 Å². The second kappa shape index (κ2) is 9.29. The van der Waals surface area contributed by atoms with E-state index in [0.717, 1.165) is 23.9 Å². The second-order valence-corrected chi connectivity index (χ2v) is 8.30. The van der Waals surface area contributed by atoms with Crippen LogP contribution in [-0.2, 0) is 17.9 Å². The summed E-state index contributed by atoms with van der Waals surface area (Å²) in [5, 5.41) is 0. The van der Waals surface area contributed by atoms with Crippen molar-refractivity contribution < 1.29 is 9.59 Å². The van der Waals surface area contributed by atoms with Gasteiger partial charge in [0, 0.05) is 32.5 Å². The molecule has 1 aliphatic rings. The van der Waals surface area contributed by atoms with Gasteiger partial charge in [-0.3, -0.25) is 14.6 Å². The highest BCUT2D eigenvalue weighted by Gasteiger charge is 2.24. The van der Waals surface area contributed by atoms with Gasteiger partial charge in [0.2, 0.25) is 5.91 Å². The molecule has 0 bridgehead atoms. The van der Waals surface area contributed by atoms with E-state index in [2.05, 4.69) is 4.98 Å². The number of pyridine rings is 1. The zero-order chi connectivity index (χ0) is 21.8. The molecule has 3 aromatic rings. The molecule has 0 unspecified atom stereocenters. The third kappa shape index (κ3) is 4.60. The molecule has 0 aliphatic heterocycles. The molecule has 162 valence electrons. The highest BCUT2D eigenvalue weighted by atomic mass is 16.2. The lowest BCUT2D eigenvalue weighted by Crippen LogP contribution is -2.40. The van der Waals surface area contributed by atoms with E-state index in [1.807, 2.05) is 40.8 Å². The molecule has 0 N–H and O–H groups in total. The van der Waals surface area contributed by atoms with Gasteiger partial charge >= 0.3 is 0 Å². The van der Waals surface area contributed by atoms with Gasteiger partial charge in [0.25, 0.3) is 5.91 Å². The molecule has 0 atom stereocenters. The summed E-state index contributed by atoms with van der Waals surface area (Å²) in [6.07, 6.45) is 8.97. The first-order valence-corrected chi connectivity index (χ1v) is 10.9. The molecule has 0 saturated heterocycles. The minimum absolute atomic E-state index is 0.0811. The van der Waals surface area contributed by atoms with Gasteiger partial charge in [-0.25, -0.2) is 4.98 Å². The zero-order valence-electron chi connectivity index (χ0n) is 18.2. The Labute approximate surface area is 182 Å². The summed E-state index contributed by atoms with van der Waals surface area (Å²) in [5.74, 6) is 0.654. The first-order valence-electron chi connectivity index (χ1n) is 10.9. The van der Waals surface area contributed by atoms with Crippen molar-refractivity contribution in [2.45, 2.75) is 51.2 Å². The van der Waals surface area contributed by atoms with E-state index >= 15 is 0 Å². The first kappa shape index (κ1) is 21.0. The Kier molecular flexibility index (Phi) is 6.30. The molecule has 1 fully saturated rings. The Morgan fingerprint density at radius 2 is 1.84 bits per heavy atom. The molecule has 1 saturated carbocycles. The number of carbonyl (C=O) groups excluding carboxylic acids is 2. The SMILES string of the molecule is CN(Cc1nc2ccccc2n1CC(=O)N(C)C1CCCCC1)C(=O)c1cccnc1. The van der Waals surface area contributed by atoms with Crippen LogP contribution < -0.4 is 0 Å². The fourth-order valence-corrected chi connectivity index (χ4v) is 4.33. The van der Waals surface area contributed by atoms with E-state index in [1.54, 1.807) is 36.5 Å². The third-order valence-corrected chi connectivity index (χ3v) is 6.18. The zero-order valence-corrected chi connectivity index (χ0v) is 18.2. The van der Waals surface area contributed by atoms with Crippen LogP contribution in [0.3, 0.4) is 0 Å². The average molecular weight is 420 g/mol. The summed E-state index contributed by atoms with van der Waals surface area (Å²) >= 11 is 0. The number of imidazole rings is 1. The summed E-state index contributed by atoms with van der Waals surface area (Å²) in [6.45, 7) is 0.528. The molecule has 31 heavy (non-hydrogen) atoms. The highest BCUT2D eigenvalue weighted by molar-refractivity contribution is 5.93. The van der Waals surface area contributed by atoms with Crippen LogP contribution in [0.5, 0.6) is 0 Å². The van der Waals surface area contributed by atoms with Crippen LogP contribution in [0.4, 0.5) is 0 Å². The molecule has 7 nitrogen and oxygen atoms in total. The number of likely N-dealkylation sites (N-methyl/N-ethyl adjacent to an activating group) is 1. The van der Waals surface area contributed by atoms with Crippen LogP contribution in [0.15, 0.2) is 48.8 Å². The molecular weight excluding hydrogens is 390 g/mol. The van der Waals surface area contributed by atoms with Crippen molar-refractivity contribution in [2.24, 2.45) is 0 Å². The highest BCUT2D eigenvalue weighted by Crippen LogP contribution is 2.23. The molecule has 2 amide bonds. The number of fused-ring (bicyclic) bond motifs is 1. The monoisotopic (exact) mass is 419 g/mol. The van der Waals surface area contributed by atoms with Crippen LogP contribution >= 0.6 is 0 Å². The van der Waals surface area contributed by atoms with Gasteiger partial charge in [-0.15, -0.1) is 0 Å². The molecule has 1 aliphatic carbocycles. The van der Waals surface area contributed by atoms with E-state index in [0.29, 0.717) is 24.0 Å². The van der Waals surface area contributed by atoms with Gasteiger partial charge in [0.1, 0.15) is 12.4 Å². The Morgan fingerprint density at radius 1 is 1.06 bits per heavy atom. The number of hydrogen-bond acceptors (Lipinski definition) is 4. The van der Waals surface area contributed by atoms with E-state index in [-0.39, 0.29) is 18.4 Å². The van der Waals surface area contributed by atoms with Crippen molar-refractivity contribution in [1.29, 1.82) is 0 Å². The van der Waals surface area contributed by atoms with E-state index in [1.165, 1.54) is 19.3 Å². The Bertz CT molecular complexity index is 1060. The van der Waals surface area contributed by atoms with Crippen LogP contribution in [-0.4, -0.2) is 56.3 Å². The predicted molar refractivity (Wildman–Crippen MR) is 119 cm³/mol. The predicted octanol–water partition coefficient (Wildman–Crippen LogP) is 3.49. The summed E-state index contributed by atoms with van der Waals surface area (Å²) in [6, 6.07) is 11.6. The number of benzene rings is 1. The lowest BCUT2D eigenvalue weighted by molar-refractivity contribution is -0.133. The molecule has 2 heterocycles. The second-order valence-electron chi connectivity index (χ2n) is 8.30.